The topological polar surface area (TPSA) is 41.1 Å². The minimum Gasteiger partial charge on any atom is -0.338 e. The van der Waals surface area contributed by atoms with Crippen molar-refractivity contribution in [3.05, 3.63) is 18.0 Å². The molecule has 1 aliphatic heterocycles. The molecule has 0 aromatic carbocycles. The molecule has 0 amide bonds. The lowest BCUT2D eigenvalue weighted by atomic mass is 10.1. The van der Waals surface area contributed by atoms with E-state index in [9.17, 15) is 0 Å². The van der Waals surface area contributed by atoms with Crippen LogP contribution in [0.5, 0.6) is 0 Å². The van der Waals surface area contributed by atoms with Crippen LogP contribution in [0.25, 0.3) is 0 Å². The molecule has 2 rings (SSSR count). The summed E-state index contributed by atoms with van der Waals surface area (Å²) in [7, 11) is 0. The van der Waals surface area contributed by atoms with Crippen molar-refractivity contribution < 1.29 is 0 Å². The maximum absolute atomic E-state index is 4.55. The molecular weight excluding hydrogens is 236 g/mol. The summed E-state index contributed by atoms with van der Waals surface area (Å²) in [6.45, 7) is 7.46. The molecule has 19 heavy (non-hydrogen) atoms. The molecule has 0 saturated carbocycles. The van der Waals surface area contributed by atoms with Crippen molar-refractivity contribution in [2.45, 2.75) is 58.5 Å². The van der Waals surface area contributed by atoms with Gasteiger partial charge >= 0.3 is 0 Å². The first-order valence-corrected chi connectivity index (χ1v) is 7.59. The highest BCUT2D eigenvalue weighted by molar-refractivity contribution is 5.31. The molecule has 4 nitrogen and oxygen atoms in total. The molecule has 1 saturated heterocycles. The third-order valence-electron chi connectivity index (χ3n) is 3.76. The Kier molecular flexibility index (Phi) is 5.58. The van der Waals surface area contributed by atoms with E-state index in [-0.39, 0.29) is 0 Å². The fraction of sp³-hybridized carbons (Fsp3) is 0.733. The lowest BCUT2D eigenvalue weighted by Gasteiger charge is -2.27. The standard InChI is InChI=1S/C15H26N4/c1-3-8-16-10-14-11-17-15(18-12-14)19-9-6-4-5-7-13(19)2/h11-13,16H,3-10H2,1-2H3. The first kappa shape index (κ1) is 14.3. The summed E-state index contributed by atoms with van der Waals surface area (Å²) >= 11 is 0. The van der Waals surface area contributed by atoms with E-state index >= 15 is 0 Å². The summed E-state index contributed by atoms with van der Waals surface area (Å²) in [6.07, 6.45) is 10.3. The van der Waals surface area contributed by atoms with Crippen molar-refractivity contribution in [3.63, 3.8) is 0 Å². The van der Waals surface area contributed by atoms with Crippen LogP contribution >= 0.6 is 0 Å². The van der Waals surface area contributed by atoms with Crippen molar-refractivity contribution in [2.75, 3.05) is 18.0 Å². The number of nitrogens with one attached hydrogen (secondary N) is 1. The van der Waals surface area contributed by atoms with Crippen LogP contribution < -0.4 is 10.2 Å². The molecule has 0 bridgehead atoms. The Morgan fingerprint density at radius 3 is 2.79 bits per heavy atom. The molecule has 4 heteroatoms. The smallest absolute Gasteiger partial charge is 0.225 e. The van der Waals surface area contributed by atoms with Gasteiger partial charge in [-0.1, -0.05) is 19.8 Å². The molecule has 1 aromatic heterocycles. The number of anilines is 1. The van der Waals surface area contributed by atoms with Gasteiger partial charge in [0.15, 0.2) is 0 Å². The second-order valence-electron chi connectivity index (χ2n) is 5.46. The molecule has 0 spiro atoms. The average Bonchev–Trinajstić information content (AvgIpc) is 2.65. The van der Waals surface area contributed by atoms with Crippen molar-refractivity contribution in [1.82, 2.24) is 15.3 Å². The quantitative estimate of drug-likeness (QED) is 0.828. The predicted octanol–water partition coefficient (Wildman–Crippen LogP) is 2.75. The molecule has 1 unspecified atom stereocenters. The molecule has 106 valence electrons. The van der Waals surface area contributed by atoms with Crippen molar-refractivity contribution in [3.8, 4) is 0 Å². The Bertz CT molecular complexity index is 363. The van der Waals surface area contributed by atoms with E-state index in [2.05, 4.69) is 34.0 Å². The first-order chi connectivity index (χ1) is 9.31. The molecule has 2 heterocycles. The van der Waals surface area contributed by atoms with Crippen LogP contribution in [0.4, 0.5) is 5.95 Å². The second-order valence-corrected chi connectivity index (χ2v) is 5.46. The monoisotopic (exact) mass is 262 g/mol. The van der Waals surface area contributed by atoms with Crippen LogP contribution in [0.2, 0.25) is 0 Å². The minimum atomic E-state index is 0.562. The van der Waals surface area contributed by atoms with E-state index in [1.54, 1.807) is 0 Å². The van der Waals surface area contributed by atoms with Crippen LogP contribution in [-0.4, -0.2) is 29.1 Å². The van der Waals surface area contributed by atoms with Gasteiger partial charge in [-0.05, 0) is 32.7 Å². The van der Waals surface area contributed by atoms with Gasteiger partial charge in [0, 0.05) is 37.1 Å². The molecule has 0 radical (unpaired) electrons. The van der Waals surface area contributed by atoms with E-state index in [4.69, 9.17) is 0 Å². The predicted molar refractivity (Wildman–Crippen MR) is 79.3 cm³/mol. The van der Waals surface area contributed by atoms with Crippen LogP contribution in [0, 0.1) is 0 Å². The van der Waals surface area contributed by atoms with Gasteiger partial charge in [-0.15, -0.1) is 0 Å². The molecule has 1 N–H and O–H groups in total. The van der Waals surface area contributed by atoms with Crippen molar-refractivity contribution in [2.24, 2.45) is 0 Å². The van der Waals surface area contributed by atoms with Crippen LogP contribution in [0.3, 0.4) is 0 Å². The fourth-order valence-electron chi connectivity index (χ4n) is 2.57. The number of aromatic nitrogens is 2. The van der Waals surface area contributed by atoms with E-state index in [0.29, 0.717) is 6.04 Å². The van der Waals surface area contributed by atoms with Crippen LogP contribution in [0.1, 0.15) is 51.5 Å². The maximum Gasteiger partial charge on any atom is 0.225 e. The lowest BCUT2D eigenvalue weighted by Crippen LogP contribution is -2.34. The Morgan fingerprint density at radius 2 is 2.05 bits per heavy atom. The van der Waals surface area contributed by atoms with Gasteiger partial charge in [0.1, 0.15) is 0 Å². The molecular formula is C15H26N4. The number of nitrogens with zero attached hydrogens (tertiary/aromatic N) is 3. The van der Waals surface area contributed by atoms with Gasteiger partial charge in [0.2, 0.25) is 5.95 Å². The van der Waals surface area contributed by atoms with E-state index in [1.165, 1.54) is 31.2 Å². The zero-order valence-electron chi connectivity index (χ0n) is 12.2. The number of rotatable bonds is 5. The molecule has 0 aliphatic carbocycles. The van der Waals surface area contributed by atoms with Gasteiger partial charge in [-0.25, -0.2) is 9.97 Å². The van der Waals surface area contributed by atoms with Crippen molar-refractivity contribution in [1.29, 1.82) is 0 Å². The van der Waals surface area contributed by atoms with Gasteiger partial charge < -0.3 is 10.2 Å². The Hall–Kier alpha value is -1.16. The number of hydrogen-bond donors (Lipinski definition) is 1. The van der Waals surface area contributed by atoms with Gasteiger partial charge in [-0.2, -0.15) is 0 Å². The van der Waals surface area contributed by atoms with E-state index in [1.807, 2.05) is 12.4 Å². The lowest BCUT2D eigenvalue weighted by molar-refractivity contribution is 0.603. The second kappa shape index (κ2) is 7.43. The minimum absolute atomic E-state index is 0.562. The SMILES string of the molecule is CCCNCc1cnc(N2CCCCCC2C)nc1. The van der Waals surface area contributed by atoms with Gasteiger partial charge in [0.05, 0.1) is 0 Å². The first-order valence-electron chi connectivity index (χ1n) is 7.59. The van der Waals surface area contributed by atoms with Crippen molar-refractivity contribution >= 4 is 5.95 Å². The molecule has 1 atom stereocenters. The van der Waals surface area contributed by atoms with Gasteiger partial charge in [0.25, 0.3) is 0 Å². The highest BCUT2D eigenvalue weighted by atomic mass is 15.3. The summed E-state index contributed by atoms with van der Waals surface area (Å²) < 4.78 is 0. The number of hydrogen-bond acceptors (Lipinski definition) is 4. The van der Waals surface area contributed by atoms with Crippen LogP contribution in [0.15, 0.2) is 12.4 Å². The zero-order valence-corrected chi connectivity index (χ0v) is 12.2. The average molecular weight is 262 g/mol. The van der Waals surface area contributed by atoms with Gasteiger partial charge in [-0.3, -0.25) is 0 Å². The fourth-order valence-corrected chi connectivity index (χ4v) is 2.57. The third-order valence-corrected chi connectivity index (χ3v) is 3.76. The highest BCUT2D eigenvalue weighted by Gasteiger charge is 2.19. The Morgan fingerprint density at radius 1 is 1.26 bits per heavy atom. The summed E-state index contributed by atoms with van der Waals surface area (Å²) in [6, 6.07) is 0.562. The molecule has 1 aromatic rings. The summed E-state index contributed by atoms with van der Waals surface area (Å²) in [5.74, 6) is 0.897. The summed E-state index contributed by atoms with van der Waals surface area (Å²) in [5, 5.41) is 3.38. The summed E-state index contributed by atoms with van der Waals surface area (Å²) in [5.41, 5.74) is 1.17. The van der Waals surface area contributed by atoms with E-state index in [0.717, 1.165) is 32.0 Å². The Labute approximate surface area is 116 Å². The van der Waals surface area contributed by atoms with E-state index < -0.39 is 0 Å². The maximum atomic E-state index is 4.55. The highest BCUT2D eigenvalue weighted by Crippen LogP contribution is 2.20. The molecule has 1 aliphatic rings. The summed E-state index contributed by atoms with van der Waals surface area (Å²) in [4.78, 5) is 11.5. The Balaban J connectivity index is 1.96. The largest absolute Gasteiger partial charge is 0.338 e. The molecule has 1 fully saturated rings. The third kappa shape index (κ3) is 4.16. The van der Waals surface area contributed by atoms with Crippen LogP contribution in [-0.2, 0) is 6.54 Å². The zero-order chi connectivity index (χ0) is 13.5. The normalized spacial score (nSPS) is 20.3.